The molecule has 0 unspecified atom stereocenters. The van der Waals surface area contributed by atoms with Crippen LogP contribution in [0.3, 0.4) is 0 Å². The lowest BCUT2D eigenvalue weighted by Crippen LogP contribution is -2.30. The molecule has 3 rings (SSSR count). The van der Waals surface area contributed by atoms with E-state index in [9.17, 15) is 4.79 Å². The summed E-state index contributed by atoms with van der Waals surface area (Å²) in [5.74, 6) is -0.0613. The molecule has 1 amide bonds. The molecule has 0 N–H and O–H groups in total. The highest BCUT2D eigenvalue weighted by molar-refractivity contribution is 6.33. The van der Waals surface area contributed by atoms with E-state index in [0.29, 0.717) is 29.3 Å². The summed E-state index contributed by atoms with van der Waals surface area (Å²) in [4.78, 5) is 18.7. The molecule has 0 aliphatic rings. The molecule has 3 aromatic rings. The average Bonchev–Trinajstić information content (AvgIpc) is 3.00. The van der Waals surface area contributed by atoms with Gasteiger partial charge >= 0.3 is 0 Å². The number of halogens is 1. The molecule has 2 heterocycles. The zero-order chi connectivity index (χ0) is 16.4. The number of hydrogen-bond donors (Lipinski definition) is 0. The van der Waals surface area contributed by atoms with E-state index < -0.39 is 0 Å². The van der Waals surface area contributed by atoms with E-state index in [1.807, 2.05) is 44.2 Å². The predicted octanol–water partition coefficient (Wildman–Crippen LogP) is 3.53. The Labute approximate surface area is 139 Å². The topological polar surface area (TPSA) is 50.5 Å². The van der Waals surface area contributed by atoms with Gasteiger partial charge in [0.2, 0.25) is 0 Å². The van der Waals surface area contributed by atoms with Crippen molar-refractivity contribution >= 4 is 23.2 Å². The smallest absolute Gasteiger partial charge is 0.259 e. The van der Waals surface area contributed by atoms with E-state index in [4.69, 9.17) is 11.6 Å². The predicted molar refractivity (Wildman–Crippen MR) is 90.7 cm³/mol. The van der Waals surface area contributed by atoms with Crippen LogP contribution in [0.15, 0.2) is 42.7 Å². The Hall–Kier alpha value is -2.40. The Bertz CT molecular complexity index is 855. The van der Waals surface area contributed by atoms with Gasteiger partial charge in [-0.3, -0.25) is 4.79 Å². The summed E-state index contributed by atoms with van der Waals surface area (Å²) in [7, 11) is 0. The normalized spacial score (nSPS) is 10.9. The Morgan fingerprint density at radius 2 is 1.96 bits per heavy atom. The van der Waals surface area contributed by atoms with Crippen LogP contribution in [-0.4, -0.2) is 38.5 Å². The Morgan fingerprint density at radius 3 is 2.65 bits per heavy atom. The van der Waals surface area contributed by atoms with Crippen LogP contribution in [-0.2, 0) is 0 Å². The van der Waals surface area contributed by atoms with Gasteiger partial charge in [0.1, 0.15) is 5.56 Å². The molecule has 0 saturated heterocycles. The minimum Gasteiger partial charge on any atom is -0.339 e. The highest BCUT2D eigenvalue weighted by atomic mass is 35.5. The fraction of sp³-hybridized carbons (Fsp3) is 0.235. The third-order valence-electron chi connectivity index (χ3n) is 3.83. The summed E-state index contributed by atoms with van der Waals surface area (Å²) < 4.78 is 1.66. The lowest BCUT2D eigenvalue weighted by molar-refractivity contribution is 0.0774. The van der Waals surface area contributed by atoms with E-state index in [1.165, 1.54) is 0 Å². The summed E-state index contributed by atoms with van der Waals surface area (Å²) in [5.41, 5.74) is 2.70. The minimum absolute atomic E-state index is 0.0613. The maximum Gasteiger partial charge on any atom is 0.259 e. The summed E-state index contributed by atoms with van der Waals surface area (Å²) >= 11 is 6.29. The molecule has 0 aliphatic heterocycles. The molecular weight excluding hydrogens is 312 g/mol. The van der Waals surface area contributed by atoms with Gasteiger partial charge in [0, 0.05) is 29.9 Å². The molecule has 1 aromatic carbocycles. The molecule has 0 spiro atoms. The van der Waals surface area contributed by atoms with E-state index in [2.05, 4.69) is 10.1 Å². The van der Waals surface area contributed by atoms with Crippen molar-refractivity contribution in [2.24, 2.45) is 0 Å². The molecule has 0 bridgehead atoms. The van der Waals surface area contributed by atoms with Crippen molar-refractivity contribution in [3.05, 3.63) is 53.3 Å². The molecule has 6 heteroatoms. The van der Waals surface area contributed by atoms with Crippen molar-refractivity contribution in [1.82, 2.24) is 19.5 Å². The van der Waals surface area contributed by atoms with Gasteiger partial charge in [-0.15, -0.1) is 0 Å². The van der Waals surface area contributed by atoms with Crippen LogP contribution in [0.4, 0.5) is 0 Å². The second-order valence-corrected chi connectivity index (χ2v) is 5.49. The van der Waals surface area contributed by atoms with Crippen molar-refractivity contribution in [3.8, 4) is 11.3 Å². The van der Waals surface area contributed by atoms with Crippen LogP contribution < -0.4 is 0 Å². The second kappa shape index (κ2) is 6.38. The molecule has 2 aromatic heterocycles. The van der Waals surface area contributed by atoms with E-state index in [-0.39, 0.29) is 5.91 Å². The highest BCUT2D eigenvalue weighted by Crippen LogP contribution is 2.28. The standard InChI is InChI=1S/C17H17ClN4O/c1-3-21(4-2)17(23)13-11-20-22-15(9-10-19-16(13)22)12-7-5-6-8-14(12)18/h5-11H,3-4H2,1-2H3. The number of rotatable bonds is 4. The SMILES string of the molecule is CCN(CC)C(=O)c1cnn2c(-c3ccccc3Cl)ccnc12. The first-order valence-electron chi connectivity index (χ1n) is 7.54. The quantitative estimate of drug-likeness (QED) is 0.736. The monoisotopic (exact) mass is 328 g/mol. The van der Waals surface area contributed by atoms with Gasteiger partial charge < -0.3 is 4.90 Å². The Morgan fingerprint density at radius 1 is 1.22 bits per heavy atom. The molecular formula is C17H17ClN4O. The third kappa shape index (κ3) is 2.68. The molecule has 0 aliphatic carbocycles. The van der Waals surface area contributed by atoms with Crippen LogP contribution in [0.5, 0.6) is 0 Å². The molecule has 0 saturated carbocycles. The molecule has 0 atom stereocenters. The van der Waals surface area contributed by atoms with E-state index in [1.54, 1.807) is 21.8 Å². The van der Waals surface area contributed by atoms with Crippen LogP contribution in [0.25, 0.3) is 16.9 Å². The van der Waals surface area contributed by atoms with Gasteiger partial charge in [0.25, 0.3) is 5.91 Å². The lowest BCUT2D eigenvalue weighted by atomic mass is 10.1. The minimum atomic E-state index is -0.0613. The maximum atomic E-state index is 12.6. The number of carbonyl (C=O) groups is 1. The number of carbonyl (C=O) groups excluding carboxylic acids is 1. The van der Waals surface area contributed by atoms with E-state index in [0.717, 1.165) is 11.3 Å². The summed E-state index contributed by atoms with van der Waals surface area (Å²) in [5, 5.41) is 4.99. The number of nitrogens with zero attached hydrogens (tertiary/aromatic N) is 4. The first-order valence-corrected chi connectivity index (χ1v) is 7.92. The molecule has 0 fully saturated rings. The fourth-order valence-corrected chi connectivity index (χ4v) is 2.83. The summed E-state index contributed by atoms with van der Waals surface area (Å²) in [6, 6.07) is 9.38. The average molecular weight is 329 g/mol. The van der Waals surface area contributed by atoms with E-state index >= 15 is 0 Å². The fourth-order valence-electron chi connectivity index (χ4n) is 2.60. The second-order valence-electron chi connectivity index (χ2n) is 5.08. The first kappa shape index (κ1) is 15.5. The Kier molecular flexibility index (Phi) is 4.30. The molecule has 23 heavy (non-hydrogen) atoms. The summed E-state index contributed by atoms with van der Waals surface area (Å²) in [6.45, 7) is 5.21. The van der Waals surface area contributed by atoms with Gasteiger partial charge in [0.15, 0.2) is 5.65 Å². The number of amides is 1. The number of hydrogen-bond acceptors (Lipinski definition) is 3. The van der Waals surface area contributed by atoms with Crippen LogP contribution >= 0.6 is 11.6 Å². The van der Waals surface area contributed by atoms with Crippen molar-refractivity contribution in [3.63, 3.8) is 0 Å². The molecule has 118 valence electrons. The van der Waals surface area contributed by atoms with Gasteiger partial charge in [0.05, 0.1) is 11.9 Å². The molecule has 0 radical (unpaired) electrons. The first-order chi connectivity index (χ1) is 11.2. The zero-order valence-corrected chi connectivity index (χ0v) is 13.8. The van der Waals surface area contributed by atoms with Gasteiger partial charge in [-0.2, -0.15) is 5.10 Å². The largest absolute Gasteiger partial charge is 0.339 e. The lowest BCUT2D eigenvalue weighted by Gasteiger charge is -2.17. The van der Waals surface area contributed by atoms with Crippen molar-refractivity contribution in [1.29, 1.82) is 0 Å². The number of benzene rings is 1. The number of aromatic nitrogens is 3. The van der Waals surface area contributed by atoms with Crippen molar-refractivity contribution in [2.75, 3.05) is 13.1 Å². The van der Waals surface area contributed by atoms with Crippen LogP contribution in [0.2, 0.25) is 5.02 Å². The van der Waals surface area contributed by atoms with Gasteiger partial charge in [-0.1, -0.05) is 29.8 Å². The van der Waals surface area contributed by atoms with Crippen LogP contribution in [0.1, 0.15) is 24.2 Å². The maximum absolute atomic E-state index is 12.6. The number of fused-ring (bicyclic) bond motifs is 1. The van der Waals surface area contributed by atoms with Gasteiger partial charge in [-0.25, -0.2) is 9.50 Å². The highest BCUT2D eigenvalue weighted by Gasteiger charge is 2.20. The third-order valence-corrected chi connectivity index (χ3v) is 4.16. The zero-order valence-electron chi connectivity index (χ0n) is 13.0. The van der Waals surface area contributed by atoms with Crippen molar-refractivity contribution in [2.45, 2.75) is 13.8 Å². The van der Waals surface area contributed by atoms with Gasteiger partial charge in [-0.05, 0) is 26.0 Å². The van der Waals surface area contributed by atoms with Crippen molar-refractivity contribution < 1.29 is 4.79 Å². The summed E-state index contributed by atoms with van der Waals surface area (Å²) in [6.07, 6.45) is 3.25. The van der Waals surface area contributed by atoms with Crippen LogP contribution in [0, 0.1) is 0 Å². The Balaban J connectivity index is 2.15. The molecule has 5 nitrogen and oxygen atoms in total.